The Morgan fingerprint density at radius 3 is 3.16 bits per heavy atom. The molecule has 1 saturated heterocycles. The molecular formula is C13H18N4O2. The van der Waals surface area contributed by atoms with Crippen molar-refractivity contribution in [1.29, 1.82) is 0 Å². The van der Waals surface area contributed by atoms with Gasteiger partial charge in [-0.1, -0.05) is 5.16 Å². The molecule has 102 valence electrons. The number of nitrogens with two attached hydrogens (primary N) is 1. The molecular weight excluding hydrogens is 244 g/mol. The van der Waals surface area contributed by atoms with E-state index in [2.05, 4.69) is 22.0 Å². The minimum Gasteiger partial charge on any atom is -0.461 e. The molecule has 2 N–H and O–H groups in total. The first-order chi connectivity index (χ1) is 9.22. The van der Waals surface area contributed by atoms with Gasteiger partial charge in [-0.15, -0.1) is 0 Å². The van der Waals surface area contributed by atoms with Gasteiger partial charge in [0, 0.05) is 18.6 Å². The van der Waals surface area contributed by atoms with Gasteiger partial charge >= 0.3 is 0 Å². The van der Waals surface area contributed by atoms with Gasteiger partial charge in [0.25, 0.3) is 0 Å². The van der Waals surface area contributed by atoms with E-state index in [0.717, 1.165) is 19.4 Å². The summed E-state index contributed by atoms with van der Waals surface area (Å²) in [5.74, 6) is 1.75. The zero-order chi connectivity index (χ0) is 13.2. The van der Waals surface area contributed by atoms with E-state index in [1.54, 1.807) is 12.3 Å². The minimum absolute atomic E-state index is 0.313. The van der Waals surface area contributed by atoms with Gasteiger partial charge in [0.2, 0.25) is 11.7 Å². The third-order valence-electron chi connectivity index (χ3n) is 3.60. The van der Waals surface area contributed by atoms with E-state index in [1.165, 1.54) is 0 Å². The number of hydrogen-bond donors (Lipinski definition) is 1. The van der Waals surface area contributed by atoms with Crippen molar-refractivity contribution in [3.63, 3.8) is 0 Å². The zero-order valence-electron chi connectivity index (χ0n) is 11.0. The Balaban J connectivity index is 1.67. The van der Waals surface area contributed by atoms with Gasteiger partial charge in [0.1, 0.15) is 0 Å². The topological polar surface area (TPSA) is 81.3 Å². The van der Waals surface area contributed by atoms with E-state index >= 15 is 0 Å². The summed E-state index contributed by atoms with van der Waals surface area (Å²) in [5.41, 5.74) is 5.96. The Labute approximate surface area is 111 Å². The van der Waals surface area contributed by atoms with E-state index in [-0.39, 0.29) is 0 Å². The highest BCUT2D eigenvalue weighted by atomic mass is 16.5. The van der Waals surface area contributed by atoms with Gasteiger partial charge in [-0.05, 0) is 31.9 Å². The maximum Gasteiger partial charge on any atom is 0.241 e. The molecule has 19 heavy (non-hydrogen) atoms. The maximum atomic E-state index is 5.96. The largest absolute Gasteiger partial charge is 0.461 e. The second-order valence-corrected chi connectivity index (χ2v) is 5.09. The zero-order valence-corrected chi connectivity index (χ0v) is 11.0. The number of rotatable bonds is 3. The summed E-state index contributed by atoms with van der Waals surface area (Å²) in [6.45, 7) is 3.82. The van der Waals surface area contributed by atoms with Crippen LogP contribution in [0.25, 0.3) is 11.6 Å². The standard InChI is InChI=1S/C13H18N4O2/c1-9-7-10(14)4-5-17(9)8-12-15-13(16-19-12)11-3-2-6-18-11/h2-3,6,9-10H,4-5,7-8,14H2,1H3. The SMILES string of the molecule is CC1CC(N)CCN1Cc1nc(-c2ccco2)no1. The lowest BCUT2D eigenvalue weighted by molar-refractivity contribution is 0.124. The predicted molar refractivity (Wildman–Crippen MR) is 69.1 cm³/mol. The third-order valence-corrected chi connectivity index (χ3v) is 3.60. The summed E-state index contributed by atoms with van der Waals surface area (Å²) in [7, 11) is 0. The van der Waals surface area contributed by atoms with Crippen LogP contribution in [0.4, 0.5) is 0 Å². The summed E-state index contributed by atoms with van der Waals surface area (Å²) < 4.78 is 10.5. The molecule has 0 aromatic carbocycles. The number of likely N-dealkylation sites (tertiary alicyclic amines) is 1. The Bertz CT molecular complexity index is 522. The highest BCUT2D eigenvalue weighted by molar-refractivity contribution is 5.44. The molecule has 0 bridgehead atoms. The Hall–Kier alpha value is -1.66. The number of piperidine rings is 1. The van der Waals surface area contributed by atoms with Crippen molar-refractivity contribution >= 4 is 0 Å². The number of furan rings is 1. The highest BCUT2D eigenvalue weighted by Crippen LogP contribution is 2.20. The summed E-state index contributed by atoms with van der Waals surface area (Å²) in [6.07, 6.45) is 3.63. The predicted octanol–water partition coefficient (Wildman–Crippen LogP) is 1.64. The molecule has 2 atom stereocenters. The van der Waals surface area contributed by atoms with Gasteiger partial charge in [-0.3, -0.25) is 4.90 Å². The van der Waals surface area contributed by atoms with E-state index in [9.17, 15) is 0 Å². The molecule has 6 nitrogen and oxygen atoms in total. The van der Waals surface area contributed by atoms with Crippen LogP contribution in [0.1, 0.15) is 25.7 Å². The summed E-state index contributed by atoms with van der Waals surface area (Å²) >= 11 is 0. The molecule has 0 spiro atoms. The number of nitrogens with zero attached hydrogens (tertiary/aromatic N) is 3. The molecule has 0 saturated carbocycles. The molecule has 2 unspecified atom stereocenters. The Morgan fingerprint density at radius 1 is 1.53 bits per heavy atom. The normalized spacial score (nSPS) is 24.7. The van der Waals surface area contributed by atoms with E-state index in [0.29, 0.717) is 36.1 Å². The molecule has 6 heteroatoms. The van der Waals surface area contributed by atoms with Crippen LogP contribution >= 0.6 is 0 Å². The molecule has 1 aliphatic rings. The van der Waals surface area contributed by atoms with Gasteiger partial charge < -0.3 is 14.7 Å². The molecule has 3 heterocycles. The van der Waals surface area contributed by atoms with Crippen LogP contribution in [0.2, 0.25) is 0 Å². The first-order valence-corrected chi connectivity index (χ1v) is 6.58. The molecule has 3 rings (SSSR count). The molecule has 1 aliphatic heterocycles. The van der Waals surface area contributed by atoms with Crippen molar-refractivity contribution in [2.24, 2.45) is 5.73 Å². The van der Waals surface area contributed by atoms with Crippen LogP contribution in [-0.4, -0.2) is 33.7 Å². The minimum atomic E-state index is 0.313. The quantitative estimate of drug-likeness (QED) is 0.905. The van der Waals surface area contributed by atoms with Crippen LogP contribution in [0.5, 0.6) is 0 Å². The first-order valence-electron chi connectivity index (χ1n) is 6.58. The second-order valence-electron chi connectivity index (χ2n) is 5.09. The van der Waals surface area contributed by atoms with Gasteiger partial charge in [-0.25, -0.2) is 0 Å². The summed E-state index contributed by atoms with van der Waals surface area (Å²) in [5, 5.41) is 3.93. The smallest absolute Gasteiger partial charge is 0.241 e. The van der Waals surface area contributed by atoms with Crippen LogP contribution < -0.4 is 5.73 Å². The van der Waals surface area contributed by atoms with Crippen LogP contribution in [0, 0.1) is 0 Å². The van der Waals surface area contributed by atoms with Crippen molar-refractivity contribution in [2.45, 2.75) is 38.4 Å². The fourth-order valence-corrected chi connectivity index (χ4v) is 2.49. The average molecular weight is 262 g/mol. The number of hydrogen-bond acceptors (Lipinski definition) is 6. The molecule has 0 radical (unpaired) electrons. The summed E-state index contributed by atoms with van der Waals surface area (Å²) in [6, 6.07) is 4.38. The fourth-order valence-electron chi connectivity index (χ4n) is 2.49. The van der Waals surface area contributed by atoms with Crippen molar-refractivity contribution in [3.8, 4) is 11.6 Å². The van der Waals surface area contributed by atoms with Gasteiger partial charge in [-0.2, -0.15) is 4.98 Å². The van der Waals surface area contributed by atoms with Crippen LogP contribution in [0.3, 0.4) is 0 Å². The monoisotopic (exact) mass is 262 g/mol. The first kappa shape index (κ1) is 12.4. The highest BCUT2D eigenvalue weighted by Gasteiger charge is 2.25. The molecule has 0 amide bonds. The van der Waals surface area contributed by atoms with E-state index in [1.807, 2.05) is 6.07 Å². The maximum absolute atomic E-state index is 5.96. The molecule has 2 aromatic heterocycles. The van der Waals surface area contributed by atoms with Gasteiger partial charge in [0.15, 0.2) is 5.76 Å². The lowest BCUT2D eigenvalue weighted by Gasteiger charge is -2.35. The van der Waals surface area contributed by atoms with Gasteiger partial charge in [0.05, 0.1) is 12.8 Å². The Kier molecular flexibility index (Phi) is 3.35. The lowest BCUT2D eigenvalue weighted by Crippen LogP contribution is -2.45. The van der Waals surface area contributed by atoms with Crippen LogP contribution in [0.15, 0.2) is 27.3 Å². The van der Waals surface area contributed by atoms with Crippen molar-refractivity contribution < 1.29 is 8.94 Å². The van der Waals surface area contributed by atoms with E-state index in [4.69, 9.17) is 14.7 Å². The lowest BCUT2D eigenvalue weighted by atomic mass is 9.99. The Morgan fingerprint density at radius 2 is 2.42 bits per heavy atom. The molecule has 0 aliphatic carbocycles. The number of aromatic nitrogens is 2. The van der Waals surface area contributed by atoms with E-state index < -0.39 is 0 Å². The third kappa shape index (κ3) is 2.69. The second kappa shape index (κ2) is 5.14. The average Bonchev–Trinajstić information content (AvgIpc) is 3.03. The molecule has 1 fully saturated rings. The van der Waals surface area contributed by atoms with Crippen molar-refractivity contribution in [2.75, 3.05) is 6.54 Å². The van der Waals surface area contributed by atoms with Crippen molar-refractivity contribution in [1.82, 2.24) is 15.0 Å². The van der Waals surface area contributed by atoms with Crippen molar-refractivity contribution in [3.05, 3.63) is 24.3 Å². The fraction of sp³-hybridized carbons (Fsp3) is 0.538. The summed E-state index contributed by atoms with van der Waals surface area (Å²) in [4.78, 5) is 6.68. The van der Waals surface area contributed by atoms with Crippen LogP contribution in [-0.2, 0) is 6.54 Å². The molecule has 2 aromatic rings.